The smallest absolute Gasteiger partial charge is 0.306 e. The largest absolute Gasteiger partial charge is 0.481 e. The lowest BCUT2D eigenvalue weighted by Crippen LogP contribution is -2.26. The molecule has 8 heteroatoms. The number of H-pyrrole nitrogens is 1. The molecule has 110 valence electrons. The van der Waals surface area contributed by atoms with E-state index in [1.165, 1.54) is 0 Å². The Morgan fingerprint density at radius 2 is 2.05 bits per heavy atom. The minimum Gasteiger partial charge on any atom is -0.481 e. The second kappa shape index (κ2) is 6.60. The molecule has 0 aliphatic heterocycles. The van der Waals surface area contributed by atoms with Gasteiger partial charge >= 0.3 is 5.97 Å². The Balaban J connectivity index is 1.90. The van der Waals surface area contributed by atoms with Gasteiger partial charge in [0.15, 0.2) is 0 Å². The van der Waals surface area contributed by atoms with E-state index < -0.39 is 11.9 Å². The van der Waals surface area contributed by atoms with E-state index in [1.54, 1.807) is 31.2 Å². The minimum atomic E-state index is -0.867. The summed E-state index contributed by atoms with van der Waals surface area (Å²) in [7, 11) is 0. The van der Waals surface area contributed by atoms with Gasteiger partial charge in [0.05, 0.1) is 5.92 Å². The number of carbonyl (C=O) groups is 2. The number of aromatic amines is 1. The first-order valence-corrected chi connectivity index (χ1v) is 6.43. The number of hydrogen-bond acceptors (Lipinski definition) is 5. The summed E-state index contributed by atoms with van der Waals surface area (Å²) in [6.45, 7) is 1.92. The number of tetrazole rings is 1. The van der Waals surface area contributed by atoms with Crippen LogP contribution in [0.15, 0.2) is 24.3 Å². The quantitative estimate of drug-likeness (QED) is 0.720. The van der Waals surface area contributed by atoms with Crippen LogP contribution in [0.3, 0.4) is 0 Å². The lowest BCUT2D eigenvalue weighted by molar-refractivity contribution is -0.141. The maximum atomic E-state index is 11.9. The highest BCUT2D eigenvalue weighted by molar-refractivity contribution is 5.94. The first kappa shape index (κ1) is 14.6. The number of carboxylic acids is 1. The molecule has 1 atom stereocenters. The number of carboxylic acid groups (broad SMARTS) is 1. The normalized spacial score (nSPS) is 11.9. The number of aliphatic carboxylic acids is 1. The van der Waals surface area contributed by atoms with Crippen molar-refractivity contribution in [2.75, 3.05) is 6.54 Å². The van der Waals surface area contributed by atoms with Crippen LogP contribution in [0.5, 0.6) is 0 Å². The van der Waals surface area contributed by atoms with Crippen LogP contribution >= 0.6 is 0 Å². The maximum absolute atomic E-state index is 11.9. The van der Waals surface area contributed by atoms with Gasteiger partial charge in [-0.15, -0.1) is 10.2 Å². The molecule has 1 amide bonds. The van der Waals surface area contributed by atoms with E-state index in [9.17, 15) is 9.59 Å². The summed E-state index contributed by atoms with van der Waals surface area (Å²) >= 11 is 0. The molecule has 1 aromatic carbocycles. The number of nitrogens with zero attached hydrogens (tertiary/aromatic N) is 3. The standard InChI is InChI=1S/C13H15N5O3/c1-8(13(20)21)6-7-14-12(19)10-4-2-9(3-5-10)11-15-17-18-16-11/h2-5,8H,6-7H2,1H3,(H,14,19)(H,20,21)(H,15,16,17,18). The molecule has 0 saturated carbocycles. The van der Waals surface area contributed by atoms with Gasteiger partial charge < -0.3 is 10.4 Å². The molecule has 1 heterocycles. The summed E-state index contributed by atoms with van der Waals surface area (Å²) in [5, 5.41) is 24.9. The van der Waals surface area contributed by atoms with Crippen LogP contribution in [-0.2, 0) is 4.79 Å². The monoisotopic (exact) mass is 289 g/mol. The zero-order valence-electron chi connectivity index (χ0n) is 11.4. The zero-order chi connectivity index (χ0) is 15.2. The highest BCUT2D eigenvalue weighted by Crippen LogP contribution is 2.13. The van der Waals surface area contributed by atoms with Crippen LogP contribution < -0.4 is 5.32 Å². The van der Waals surface area contributed by atoms with E-state index in [1.807, 2.05) is 0 Å². The third-order valence-electron chi connectivity index (χ3n) is 3.04. The summed E-state index contributed by atoms with van der Waals surface area (Å²) in [5.74, 6) is -1.14. The molecule has 0 saturated heterocycles. The maximum Gasteiger partial charge on any atom is 0.306 e. The molecule has 0 bridgehead atoms. The molecule has 0 spiro atoms. The van der Waals surface area contributed by atoms with Crippen LogP contribution in [0, 0.1) is 5.92 Å². The fourth-order valence-electron chi connectivity index (χ4n) is 1.68. The summed E-state index contributed by atoms with van der Waals surface area (Å²) < 4.78 is 0. The lowest BCUT2D eigenvalue weighted by atomic mass is 10.1. The van der Waals surface area contributed by atoms with E-state index in [2.05, 4.69) is 25.9 Å². The van der Waals surface area contributed by atoms with Gasteiger partial charge in [0, 0.05) is 17.7 Å². The SMILES string of the molecule is CC(CCNC(=O)c1ccc(-c2nn[nH]n2)cc1)C(=O)O. The number of nitrogens with one attached hydrogen (secondary N) is 2. The van der Waals surface area contributed by atoms with Crippen LogP contribution in [0.2, 0.25) is 0 Å². The third kappa shape index (κ3) is 3.85. The Morgan fingerprint density at radius 3 is 2.62 bits per heavy atom. The first-order chi connectivity index (χ1) is 10.1. The van der Waals surface area contributed by atoms with E-state index in [4.69, 9.17) is 5.11 Å². The summed E-state index contributed by atoms with van der Waals surface area (Å²) in [6.07, 6.45) is 0.391. The molecule has 0 fully saturated rings. The van der Waals surface area contributed by atoms with Gasteiger partial charge in [0.2, 0.25) is 5.82 Å². The Bertz CT molecular complexity index is 609. The summed E-state index contributed by atoms with van der Waals surface area (Å²) in [5.41, 5.74) is 1.24. The van der Waals surface area contributed by atoms with Gasteiger partial charge in [0.25, 0.3) is 5.91 Å². The van der Waals surface area contributed by atoms with E-state index >= 15 is 0 Å². The van der Waals surface area contributed by atoms with Crippen molar-refractivity contribution in [1.29, 1.82) is 0 Å². The van der Waals surface area contributed by atoms with E-state index in [0.717, 1.165) is 5.56 Å². The molecule has 1 aromatic heterocycles. The van der Waals surface area contributed by atoms with E-state index in [-0.39, 0.29) is 5.91 Å². The van der Waals surface area contributed by atoms with Crippen LogP contribution in [0.1, 0.15) is 23.7 Å². The second-order valence-electron chi connectivity index (χ2n) is 4.60. The topological polar surface area (TPSA) is 121 Å². The Labute approximate surface area is 120 Å². The van der Waals surface area contributed by atoms with Crippen molar-refractivity contribution in [1.82, 2.24) is 25.9 Å². The molecule has 21 heavy (non-hydrogen) atoms. The highest BCUT2D eigenvalue weighted by atomic mass is 16.4. The van der Waals surface area contributed by atoms with Crippen molar-refractivity contribution in [3.63, 3.8) is 0 Å². The first-order valence-electron chi connectivity index (χ1n) is 6.43. The minimum absolute atomic E-state index is 0.243. The molecule has 0 radical (unpaired) electrons. The van der Waals surface area contributed by atoms with Crippen molar-refractivity contribution in [2.45, 2.75) is 13.3 Å². The zero-order valence-corrected chi connectivity index (χ0v) is 11.4. The average molecular weight is 289 g/mol. The molecular formula is C13H15N5O3. The highest BCUT2D eigenvalue weighted by Gasteiger charge is 2.12. The molecule has 1 unspecified atom stereocenters. The van der Waals surface area contributed by atoms with Crippen molar-refractivity contribution in [3.8, 4) is 11.4 Å². The number of amides is 1. The van der Waals surface area contributed by atoms with Crippen molar-refractivity contribution in [3.05, 3.63) is 29.8 Å². The van der Waals surface area contributed by atoms with Crippen LogP contribution in [-0.4, -0.2) is 44.2 Å². The van der Waals surface area contributed by atoms with Crippen molar-refractivity contribution < 1.29 is 14.7 Å². The number of aromatic nitrogens is 4. The molecule has 8 nitrogen and oxygen atoms in total. The van der Waals surface area contributed by atoms with Gasteiger partial charge in [-0.3, -0.25) is 9.59 Å². The molecule has 2 aromatic rings. The van der Waals surface area contributed by atoms with Crippen LogP contribution in [0.25, 0.3) is 11.4 Å². The lowest BCUT2D eigenvalue weighted by Gasteiger charge is -2.08. The Morgan fingerprint density at radius 1 is 1.33 bits per heavy atom. The predicted molar refractivity (Wildman–Crippen MR) is 73.4 cm³/mol. The average Bonchev–Trinajstić information content (AvgIpc) is 3.01. The van der Waals surface area contributed by atoms with Gasteiger partial charge in [-0.05, 0) is 23.8 Å². The Kier molecular flexibility index (Phi) is 4.60. The number of rotatable bonds is 6. The van der Waals surface area contributed by atoms with E-state index in [0.29, 0.717) is 24.4 Å². The Hall–Kier alpha value is -2.77. The molecule has 2 rings (SSSR count). The second-order valence-corrected chi connectivity index (χ2v) is 4.60. The van der Waals surface area contributed by atoms with Gasteiger partial charge in [0.1, 0.15) is 0 Å². The van der Waals surface area contributed by atoms with Gasteiger partial charge in [-0.2, -0.15) is 5.21 Å². The molecule has 0 aliphatic rings. The molecular weight excluding hydrogens is 274 g/mol. The summed E-state index contributed by atoms with van der Waals surface area (Å²) in [4.78, 5) is 22.5. The predicted octanol–water partition coefficient (Wildman–Crippen LogP) is 0.707. The molecule has 3 N–H and O–H groups in total. The van der Waals surface area contributed by atoms with Gasteiger partial charge in [-0.1, -0.05) is 19.1 Å². The van der Waals surface area contributed by atoms with Crippen LogP contribution in [0.4, 0.5) is 0 Å². The fourth-order valence-corrected chi connectivity index (χ4v) is 1.68. The molecule has 0 aliphatic carbocycles. The summed E-state index contributed by atoms with van der Waals surface area (Å²) in [6, 6.07) is 6.75. The fraction of sp³-hybridized carbons (Fsp3) is 0.308. The van der Waals surface area contributed by atoms with Crippen molar-refractivity contribution in [2.24, 2.45) is 5.92 Å². The number of hydrogen-bond donors (Lipinski definition) is 3. The van der Waals surface area contributed by atoms with Crippen molar-refractivity contribution >= 4 is 11.9 Å². The third-order valence-corrected chi connectivity index (χ3v) is 3.04. The van der Waals surface area contributed by atoms with Gasteiger partial charge in [-0.25, -0.2) is 0 Å². The number of benzene rings is 1. The number of carbonyl (C=O) groups excluding carboxylic acids is 1.